The lowest BCUT2D eigenvalue weighted by Gasteiger charge is -1.98. The van der Waals surface area contributed by atoms with Gasteiger partial charge in [-0.15, -0.1) is 0 Å². The molecule has 0 bridgehead atoms. The van der Waals surface area contributed by atoms with Crippen LogP contribution in [-0.4, -0.2) is 5.37 Å². The molecule has 0 aliphatic rings. The van der Waals surface area contributed by atoms with Gasteiger partial charge in [-0.1, -0.05) is 50.7 Å². The smallest absolute Gasteiger partial charge is 0.0271 e. The zero-order chi connectivity index (χ0) is 8.10. The molecular formula is C9H11ClS. The first-order valence-corrected chi connectivity index (χ1v) is 5.80. The molecule has 1 aromatic rings. The van der Waals surface area contributed by atoms with Gasteiger partial charge in [-0.3, -0.25) is 0 Å². The minimum absolute atomic E-state index is 0.0807. The quantitative estimate of drug-likeness (QED) is 0.621. The van der Waals surface area contributed by atoms with Gasteiger partial charge in [0.15, 0.2) is 0 Å². The number of hydrogen-bond donors (Lipinski definition) is 0. The summed E-state index contributed by atoms with van der Waals surface area (Å²) in [5.74, 6) is 0.957. The Kier molecular flexibility index (Phi) is 3.67. The van der Waals surface area contributed by atoms with Crippen LogP contribution in [0.25, 0.3) is 0 Å². The predicted molar refractivity (Wildman–Crippen MR) is 55.3 cm³/mol. The molecule has 0 radical (unpaired) electrons. The van der Waals surface area contributed by atoms with Gasteiger partial charge in [0.25, 0.3) is 0 Å². The zero-order valence-corrected chi connectivity index (χ0v) is 8.03. The van der Waals surface area contributed by atoms with Crippen molar-refractivity contribution in [3.63, 3.8) is 0 Å². The average Bonchev–Trinajstić information content (AvgIpc) is 2.06. The highest BCUT2D eigenvalue weighted by molar-refractivity contribution is 8.33. The molecule has 11 heavy (non-hydrogen) atoms. The van der Waals surface area contributed by atoms with Crippen LogP contribution in [0.15, 0.2) is 30.3 Å². The topological polar surface area (TPSA) is 0 Å². The number of halogens is 1. The number of benzene rings is 1. The lowest BCUT2D eigenvalue weighted by atomic mass is 10.2. The van der Waals surface area contributed by atoms with Crippen molar-refractivity contribution in [2.75, 3.05) is 0 Å². The molecule has 0 aromatic heterocycles. The minimum Gasteiger partial charge on any atom is -0.0944 e. The Morgan fingerprint density at radius 1 is 1.36 bits per heavy atom. The third-order valence-electron chi connectivity index (χ3n) is 1.40. The van der Waals surface area contributed by atoms with Crippen molar-refractivity contribution in [3.05, 3.63) is 35.9 Å². The van der Waals surface area contributed by atoms with Gasteiger partial charge in [0.05, 0.1) is 0 Å². The fraction of sp³-hybridized carbons (Fsp3) is 0.222. The molecule has 0 N–H and O–H groups in total. The Morgan fingerprint density at radius 3 is 2.55 bits per heavy atom. The van der Waals surface area contributed by atoms with E-state index in [0.717, 1.165) is 5.75 Å². The Morgan fingerprint density at radius 2 is 2.00 bits per heavy atom. The summed E-state index contributed by atoms with van der Waals surface area (Å²) in [6.45, 7) is 2.00. The van der Waals surface area contributed by atoms with Crippen LogP contribution < -0.4 is 0 Å². The molecule has 0 fully saturated rings. The van der Waals surface area contributed by atoms with Gasteiger partial charge in [-0.05, 0) is 17.9 Å². The van der Waals surface area contributed by atoms with Gasteiger partial charge in [0, 0.05) is 5.75 Å². The van der Waals surface area contributed by atoms with E-state index in [0.29, 0.717) is 0 Å². The second kappa shape index (κ2) is 4.58. The third kappa shape index (κ3) is 3.08. The van der Waals surface area contributed by atoms with Crippen LogP contribution in [0.5, 0.6) is 0 Å². The Balaban J connectivity index is 2.65. The Bertz CT molecular complexity index is 241. The summed E-state index contributed by atoms with van der Waals surface area (Å²) in [4.78, 5) is 0. The lowest BCUT2D eigenvalue weighted by molar-refractivity contribution is 1.42. The summed E-state index contributed by atoms with van der Waals surface area (Å²) >= 11 is 0. The first-order valence-electron chi connectivity index (χ1n) is 3.52. The molecule has 1 unspecified atom stereocenters. The van der Waals surface area contributed by atoms with Gasteiger partial charge in [0.2, 0.25) is 0 Å². The van der Waals surface area contributed by atoms with Crippen molar-refractivity contribution in [3.8, 4) is 0 Å². The van der Waals surface area contributed by atoms with E-state index in [1.807, 2.05) is 30.5 Å². The first kappa shape index (κ1) is 8.82. The maximum Gasteiger partial charge on any atom is 0.0271 e. The fourth-order valence-corrected chi connectivity index (χ4v) is 1.87. The first-order chi connectivity index (χ1) is 5.33. The normalized spacial score (nSPS) is 13.3. The van der Waals surface area contributed by atoms with Crippen LogP contribution in [0.3, 0.4) is 0 Å². The van der Waals surface area contributed by atoms with Crippen molar-refractivity contribution in [1.29, 1.82) is 0 Å². The highest BCUT2D eigenvalue weighted by Gasteiger charge is 1.91. The van der Waals surface area contributed by atoms with E-state index < -0.39 is 0 Å². The van der Waals surface area contributed by atoms with Gasteiger partial charge >= 0.3 is 0 Å². The second-order valence-corrected chi connectivity index (χ2v) is 4.91. The van der Waals surface area contributed by atoms with Crippen LogP contribution in [0.2, 0.25) is 0 Å². The van der Waals surface area contributed by atoms with E-state index in [1.54, 1.807) is 0 Å². The summed E-state index contributed by atoms with van der Waals surface area (Å²) < 4.78 is 0. The molecule has 0 aliphatic heterocycles. The van der Waals surface area contributed by atoms with Crippen LogP contribution in [0, 0.1) is 0 Å². The van der Waals surface area contributed by atoms with E-state index in [1.165, 1.54) is 5.56 Å². The highest BCUT2D eigenvalue weighted by Crippen LogP contribution is 2.23. The summed E-state index contributed by atoms with van der Waals surface area (Å²) in [6, 6.07) is 10.3. The van der Waals surface area contributed by atoms with Crippen molar-refractivity contribution >= 4 is 25.7 Å². The molecule has 1 atom stereocenters. The van der Waals surface area contributed by atoms with E-state index in [2.05, 4.69) is 12.1 Å². The number of hydrogen-bond acceptors (Lipinski definition) is 0. The maximum atomic E-state index is 5.97. The number of rotatable bonds is 2. The molecule has 0 amide bonds. The summed E-state index contributed by atoms with van der Waals surface area (Å²) in [7, 11) is 5.89. The molecule has 60 valence electrons. The minimum atomic E-state index is -0.0807. The standard InChI is InChI=1S/C9H11ClS/c1-2-11(10)8-9-6-4-3-5-7-9/h2-7H,8H2,1H3. The van der Waals surface area contributed by atoms with E-state index >= 15 is 0 Å². The molecule has 0 heterocycles. The zero-order valence-electron chi connectivity index (χ0n) is 6.46. The van der Waals surface area contributed by atoms with E-state index in [4.69, 9.17) is 10.7 Å². The predicted octanol–water partition coefficient (Wildman–Crippen LogP) is 3.43. The largest absolute Gasteiger partial charge is 0.0944 e. The monoisotopic (exact) mass is 186 g/mol. The summed E-state index contributed by atoms with van der Waals surface area (Å²) in [5.41, 5.74) is 1.31. The molecule has 0 spiro atoms. The molecule has 0 saturated carbocycles. The van der Waals surface area contributed by atoms with Crippen LogP contribution in [-0.2, 0) is 5.75 Å². The Hall–Kier alpha value is -0.270. The molecule has 2 heteroatoms. The van der Waals surface area contributed by atoms with Crippen LogP contribution in [0.1, 0.15) is 12.5 Å². The van der Waals surface area contributed by atoms with Crippen molar-refractivity contribution in [2.24, 2.45) is 0 Å². The van der Waals surface area contributed by atoms with Gasteiger partial charge in [-0.25, -0.2) is 0 Å². The van der Waals surface area contributed by atoms with Gasteiger partial charge in [-0.2, -0.15) is 0 Å². The molecular weight excluding hydrogens is 176 g/mol. The molecule has 1 aromatic carbocycles. The van der Waals surface area contributed by atoms with Crippen LogP contribution >= 0.6 is 20.4 Å². The van der Waals surface area contributed by atoms with Gasteiger partial charge in [0.1, 0.15) is 0 Å². The van der Waals surface area contributed by atoms with Crippen molar-refractivity contribution in [1.82, 2.24) is 0 Å². The second-order valence-electron chi connectivity index (χ2n) is 2.23. The summed E-state index contributed by atoms with van der Waals surface area (Å²) in [5, 5.41) is 2.04. The Labute approximate surface area is 74.6 Å². The van der Waals surface area contributed by atoms with E-state index in [9.17, 15) is 0 Å². The fourth-order valence-electron chi connectivity index (χ4n) is 0.817. The maximum absolute atomic E-state index is 5.97. The lowest BCUT2D eigenvalue weighted by Crippen LogP contribution is -1.77. The van der Waals surface area contributed by atoms with Crippen molar-refractivity contribution in [2.45, 2.75) is 12.7 Å². The molecule has 1 rings (SSSR count). The van der Waals surface area contributed by atoms with Crippen molar-refractivity contribution < 1.29 is 0 Å². The highest BCUT2D eigenvalue weighted by atomic mass is 35.7. The molecule has 0 saturated heterocycles. The van der Waals surface area contributed by atoms with E-state index in [-0.39, 0.29) is 9.70 Å². The third-order valence-corrected chi connectivity index (χ3v) is 3.39. The molecule has 0 nitrogen and oxygen atoms in total. The SMILES string of the molecule is C/C=S(/Cl)Cc1ccccc1. The average molecular weight is 187 g/mol. The van der Waals surface area contributed by atoms with Crippen LogP contribution in [0.4, 0.5) is 0 Å². The summed E-state index contributed by atoms with van der Waals surface area (Å²) in [6.07, 6.45) is 0. The molecule has 0 aliphatic carbocycles. The van der Waals surface area contributed by atoms with Gasteiger partial charge < -0.3 is 0 Å².